The molecule has 2 fully saturated rings. The Kier molecular flexibility index (Phi) is 7.30. The number of allylic oxidation sites excluding steroid dienone is 2. The zero-order chi connectivity index (χ0) is 19.6. The largest absolute Gasteiger partial charge is 0.0741 e. The standard InChI is InChI=1S/C29H34.Zr/c1-21-12-17-27(26-15-13-25(14-16-26)24-10-6-3-7-11-24)29-20-23(19-28(21)29)18-22-8-4-2-5-9-22;/h12-20,22,24H,2-11H2,1H3;. The zero-order valence-electron chi connectivity index (χ0n) is 18.4. The van der Waals surface area contributed by atoms with Gasteiger partial charge in [0, 0.05) is 26.2 Å². The number of fused-ring (bicyclic) bond motifs is 1. The van der Waals surface area contributed by atoms with E-state index in [4.69, 9.17) is 0 Å². The van der Waals surface area contributed by atoms with Gasteiger partial charge in [0.25, 0.3) is 0 Å². The Morgan fingerprint density at radius 1 is 0.700 bits per heavy atom. The van der Waals surface area contributed by atoms with E-state index in [0.717, 1.165) is 11.8 Å². The Balaban J connectivity index is 0.00000218. The number of hydrogen-bond acceptors (Lipinski definition) is 0. The van der Waals surface area contributed by atoms with E-state index in [2.05, 4.69) is 61.5 Å². The van der Waals surface area contributed by atoms with Crippen LogP contribution < -0.4 is 10.4 Å². The van der Waals surface area contributed by atoms with Gasteiger partial charge in [-0.2, -0.15) is 0 Å². The second-order valence-electron chi connectivity index (χ2n) is 9.57. The van der Waals surface area contributed by atoms with E-state index in [1.54, 1.807) is 5.56 Å². The third kappa shape index (κ3) is 4.67. The molecule has 2 aromatic carbocycles. The van der Waals surface area contributed by atoms with Crippen LogP contribution in [0.15, 0.2) is 48.0 Å². The van der Waals surface area contributed by atoms with E-state index in [9.17, 15) is 0 Å². The Morgan fingerprint density at radius 2 is 1.33 bits per heavy atom. The molecule has 0 N–H and O–H groups in total. The van der Waals surface area contributed by atoms with Crippen LogP contribution in [0.25, 0.3) is 23.3 Å². The topological polar surface area (TPSA) is 0 Å². The fraction of sp³-hybridized carbons (Fsp3) is 0.448. The SMILES string of the molecule is Cc1ccc(-c2ccc(C3CCCCC3)cc2)c2c1=CC(=CC1CCCCC1)C=2.[Zr]. The van der Waals surface area contributed by atoms with Crippen molar-refractivity contribution >= 4 is 12.2 Å². The summed E-state index contributed by atoms with van der Waals surface area (Å²) in [5.41, 5.74) is 7.13. The number of aryl methyl sites for hydroxylation is 1. The smallest absolute Gasteiger partial charge is 0 e. The fourth-order valence-corrected chi connectivity index (χ4v) is 5.76. The number of hydrogen-bond donors (Lipinski definition) is 0. The van der Waals surface area contributed by atoms with Crippen LogP contribution in [0.4, 0.5) is 0 Å². The molecule has 0 saturated heterocycles. The molecule has 30 heavy (non-hydrogen) atoms. The third-order valence-electron chi connectivity index (χ3n) is 7.50. The Labute approximate surface area is 201 Å². The van der Waals surface area contributed by atoms with Gasteiger partial charge in [0.05, 0.1) is 0 Å². The van der Waals surface area contributed by atoms with Gasteiger partial charge in [0.15, 0.2) is 0 Å². The maximum atomic E-state index is 2.55. The normalized spacial score (nSPS) is 20.9. The molecule has 0 bridgehead atoms. The van der Waals surface area contributed by atoms with E-state index in [1.807, 2.05) is 0 Å². The van der Waals surface area contributed by atoms with Crippen LogP contribution >= 0.6 is 0 Å². The van der Waals surface area contributed by atoms with Crippen molar-refractivity contribution in [1.82, 2.24) is 0 Å². The third-order valence-corrected chi connectivity index (χ3v) is 7.50. The van der Waals surface area contributed by atoms with Crippen LogP contribution in [0.1, 0.15) is 81.3 Å². The molecule has 0 unspecified atom stereocenters. The van der Waals surface area contributed by atoms with Crippen molar-refractivity contribution in [3.8, 4) is 11.1 Å². The average molecular weight is 474 g/mol. The summed E-state index contributed by atoms with van der Waals surface area (Å²) in [6.07, 6.45) is 21.4. The van der Waals surface area contributed by atoms with Crippen molar-refractivity contribution < 1.29 is 26.2 Å². The molecule has 0 atom stereocenters. The van der Waals surface area contributed by atoms with Crippen molar-refractivity contribution in [2.24, 2.45) is 5.92 Å². The minimum atomic E-state index is 0. The van der Waals surface area contributed by atoms with Gasteiger partial charge in [0.1, 0.15) is 0 Å². The minimum absolute atomic E-state index is 0. The van der Waals surface area contributed by atoms with E-state index in [1.165, 1.54) is 96.9 Å². The molecule has 3 aliphatic carbocycles. The second-order valence-corrected chi connectivity index (χ2v) is 9.57. The molecular formula is C29H34Zr. The van der Waals surface area contributed by atoms with Crippen molar-refractivity contribution in [3.63, 3.8) is 0 Å². The summed E-state index contributed by atoms with van der Waals surface area (Å²) in [5.74, 6) is 1.56. The van der Waals surface area contributed by atoms with Gasteiger partial charge >= 0.3 is 0 Å². The van der Waals surface area contributed by atoms with Crippen LogP contribution in [0.2, 0.25) is 0 Å². The zero-order valence-corrected chi connectivity index (χ0v) is 20.9. The summed E-state index contributed by atoms with van der Waals surface area (Å²) < 4.78 is 0. The van der Waals surface area contributed by atoms with Crippen LogP contribution in [0.5, 0.6) is 0 Å². The molecule has 0 amide bonds. The maximum Gasteiger partial charge on any atom is 0 e. The fourth-order valence-electron chi connectivity index (χ4n) is 5.76. The van der Waals surface area contributed by atoms with Gasteiger partial charge < -0.3 is 0 Å². The van der Waals surface area contributed by atoms with Gasteiger partial charge in [-0.25, -0.2) is 0 Å². The maximum absolute atomic E-state index is 2.55. The van der Waals surface area contributed by atoms with Crippen LogP contribution in [0, 0.1) is 12.8 Å². The van der Waals surface area contributed by atoms with Crippen LogP contribution in [-0.2, 0) is 26.2 Å². The molecule has 2 aromatic rings. The summed E-state index contributed by atoms with van der Waals surface area (Å²) in [6.45, 7) is 2.25. The molecule has 0 heterocycles. The van der Waals surface area contributed by atoms with Crippen molar-refractivity contribution in [2.45, 2.75) is 77.0 Å². The van der Waals surface area contributed by atoms with Gasteiger partial charge in [-0.15, -0.1) is 0 Å². The summed E-state index contributed by atoms with van der Waals surface area (Å²) in [7, 11) is 0. The molecule has 3 aliphatic rings. The first-order chi connectivity index (χ1) is 14.3. The van der Waals surface area contributed by atoms with Gasteiger partial charge in [-0.1, -0.05) is 81.0 Å². The monoisotopic (exact) mass is 472 g/mol. The molecule has 0 nitrogen and oxygen atoms in total. The quantitative estimate of drug-likeness (QED) is 0.460. The summed E-state index contributed by atoms with van der Waals surface area (Å²) in [6, 6.07) is 14.2. The number of benzene rings is 2. The van der Waals surface area contributed by atoms with E-state index >= 15 is 0 Å². The summed E-state index contributed by atoms with van der Waals surface area (Å²) in [5, 5.41) is 2.86. The molecule has 154 valence electrons. The molecule has 0 radical (unpaired) electrons. The van der Waals surface area contributed by atoms with Crippen molar-refractivity contribution in [1.29, 1.82) is 0 Å². The first-order valence-electron chi connectivity index (χ1n) is 11.9. The first kappa shape index (κ1) is 22.0. The molecule has 5 rings (SSSR count). The van der Waals surface area contributed by atoms with Gasteiger partial charge in [-0.3, -0.25) is 0 Å². The molecule has 1 heteroatoms. The second kappa shape index (κ2) is 9.95. The van der Waals surface area contributed by atoms with Crippen molar-refractivity contribution in [3.05, 3.63) is 69.6 Å². The van der Waals surface area contributed by atoms with Crippen LogP contribution in [0.3, 0.4) is 0 Å². The Hall–Kier alpha value is -1.20. The van der Waals surface area contributed by atoms with Gasteiger partial charge in [-0.05, 0) is 94.9 Å². The molecule has 2 saturated carbocycles. The Morgan fingerprint density at radius 3 is 2.03 bits per heavy atom. The van der Waals surface area contributed by atoms with E-state index in [-0.39, 0.29) is 26.2 Å². The van der Waals surface area contributed by atoms with Crippen molar-refractivity contribution in [2.75, 3.05) is 0 Å². The molecule has 0 aliphatic heterocycles. The molecule has 0 aromatic heterocycles. The Bertz CT molecular complexity index is 1010. The average Bonchev–Trinajstić information content (AvgIpc) is 3.20. The van der Waals surface area contributed by atoms with Crippen LogP contribution in [-0.4, -0.2) is 0 Å². The minimum Gasteiger partial charge on any atom is -0.0741 e. The van der Waals surface area contributed by atoms with E-state index < -0.39 is 0 Å². The predicted molar refractivity (Wildman–Crippen MR) is 125 cm³/mol. The van der Waals surface area contributed by atoms with E-state index in [0.29, 0.717) is 0 Å². The molecular weight excluding hydrogens is 440 g/mol. The van der Waals surface area contributed by atoms with Gasteiger partial charge in [0.2, 0.25) is 0 Å². The molecule has 0 spiro atoms. The predicted octanol–water partition coefficient (Wildman–Crippen LogP) is 6.79. The number of rotatable bonds is 3. The summed E-state index contributed by atoms with van der Waals surface area (Å²) >= 11 is 0. The first-order valence-corrected chi connectivity index (χ1v) is 11.9. The summed E-state index contributed by atoms with van der Waals surface area (Å²) in [4.78, 5) is 0.